The molecule has 1 saturated heterocycles. The minimum atomic E-state index is 0.515. The van der Waals surface area contributed by atoms with Crippen molar-refractivity contribution in [3.05, 3.63) is 16.1 Å². The van der Waals surface area contributed by atoms with Gasteiger partial charge in [-0.1, -0.05) is 19.8 Å². The van der Waals surface area contributed by atoms with Gasteiger partial charge in [0.05, 0.1) is 17.2 Å². The minimum Gasteiger partial charge on any atom is -0.357 e. The van der Waals surface area contributed by atoms with E-state index < -0.39 is 0 Å². The zero-order chi connectivity index (χ0) is 17.5. The van der Waals surface area contributed by atoms with E-state index in [0.717, 1.165) is 37.1 Å². The highest BCUT2D eigenvalue weighted by atomic mass is 32.1. The largest absolute Gasteiger partial charge is 0.357 e. The number of hydrogen-bond acceptors (Lipinski definition) is 4. The molecule has 2 fully saturated rings. The van der Waals surface area contributed by atoms with E-state index in [0.29, 0.717) is 12.6 Å². The first-order valence-corrected chi connectivity index (χ1v) is 10.8. The molecule has 140 valence electrons. The lowest BCUT2D eigenvalue weighted by Gasteiger charge is -2.21. The molecular weight excluding hydrogens is 330 g/mol. The first kappa shape index (κ1) is 18.6. The molecule has 3 rings (SSSR count). The number of guanidine groups is 1. The maximum absolute atomic E-state index is 4.74. The van der Waals surface area contributed by atoms with Crippen molar-refractivity contribution in [3.8, 4) is 0 Å². The van der Waals surface area contributed by atoms with Crippen molar-refractivity contribution in [1.82, 2.24) is 20.5 Å². The predicted octanol–water partition coefficient (Wildman–Crippen LogP) is 3.03. The molecule has 1 unspecified atom stereocenters. The molecule has 2 heterocycles. The van der Waals surface area contributed by atoms with Crippen molar-refractivity contribution >= 4 is 17.3 Å². The van der Waals surface area contributed by atoms with Crippen LogP contribution in [0.4, 0.5) is 0 Å². The molecular formula is C19H33N5S. The fraction of sp³-hybridized carbons (Fsp3) is 0.789. The molecule has 1 aliphatic carbocycles. The van der Waals surface area contributed by atoms with Gasteiger partial charge in [0.25, 0.3) is 0 Å². The number of likely N-dealkylation sites (tertiary alicyclic amines) is 1. The number of nitrogens with one attached hydrogen (secondary N) is 2. The lowest BCUT2D eigenvalue weighted by molar-refractivity contribution is 0.275. The van der Waals surface area contributed by atoms with Crippen molar-refractivity contribution in [2.75, 3.05) is 26.2 Å². The summed E-state index contributed by atoms with van der Waals surface area (Å²) in [5.41, 5.74) is 1.08. The first-order chi connectivity index (χ1) is 12.3. The summed E-state index contributed by atoms with van der Waals surface area (Å²) in [4.78, 5) is 12.0. The van der Waals surface area contributed by atoms with Crippen molar-refractivity contribution in [3.63, 3.8) is 0 Å². The molecule has 5 nitrogen and oxygen atoms in total. The van der Waals surface area contributed by atoms with Crippen molar-refractivity contribution in [1.29, 1.82) is 0 Å². The van der Waals surface area contributed by atoms with E-state index in [1.165, 1.54) is 50.2 Å². The zero-order valence-electron chi connectivity index (χ0n) is 15.8. The van der Waals surface area contributed by atoms with Crippen LogP contribution in [0, 0.1) is 5.92 Å². The van der Waals surface area contributed by atoms with Gasteiger partial charge in [0.2, 0.25) is 0 Å². The topological polar surface area (TPSA) is 52.6 Å². The van der Waals surface area contributed by atoms with Gasteiger partial charge in [-0.2, -0.15) is 0 Å². The van der Waals surface area contributed by atoms with E-state index in [9.17, 15) is 0 Å². The summed E-state index contributed by atoms with van der Waals surface area (Å²) in [6, 6.07) is 0.515. The third kappa shape index (κ3) is 5.68. The summed E-state index contributed by atoms with van der Waals surface area (Å²) < 4.78 is 0. The number of aryl methyl sites for hydroxylation is 1. The van der Waals surface area contributed by atoms with E-state index in [-0.39, 0.29) is 0 Å². The molecule has 0 amide bonds. The Morgan fingerprint density at radius 3 is 2.88 bits per heavy atom. The Bertz CT molecular complexity index is 550. The van der Waals surface area contributed by atoms with Crippen LogP contribution in [-0.2, 0) is 13.0 Å². The summed E-state index contributed by atoms with van der Waals surface area (Å²) in [5.74, 6) is 1.87. The molecule has 2 aliphatic rings. The second-order valence-electron chi connectivity index (χ2n) is 7.32. The summed E-state index contributed by atoms with van der Waals surface area (Å²) in [6.07, 6.45) is 7.97. The minimum absolute atomic E-state index is 0.515. The van der Waals surface area contributed by atoms with Gasteiger partial charge in [-0.05, 0) is 38.5 Å². The van der Waals surface area contributed by atoms with Gasteiger partial charge in [-0.25, -0.2) is 9.98 Å². The molecule has 25 heavy (non-hydrogen) atoms. The number of rotatable bonds is 7. The SMILES string of the molecule is CCNC(=NCc1csc(CC)n1)NC1CCN(CC2CCCC2)C1. The fourth-order valence-electron chi connectivity index (χ4n) is 3.93. The highest BCUT2D eigenvalue weighted by Gasteiger charge is 2.26. The van der Waals surface area contributed by atoms with Crippen molar-refractivity contribution in [2.24, 2.45) is 10.9 Å². The normalized spacial score (nSPS) is 22.6. The Hall–Kier alpha value is -1.14. The number of nitrogens with zero attached hydrogens (tertiary/aromatic N) is 3. The van der Waals surface area contributed by atoms with Crippen LogP contribution in [0.15, 0.2) is 10.4 Å². The molecule has 0 radical (unpaired) electrons. The van der Waals surface area contributed by atoms with Crippen LogP contribution in [0.1, 0.15) is 56.7 Å². The molecule has 6 heteroatoms. The van der Waals surface area contributed by atoms with Crippen molar-refractivity contribution in [2.45, 2.75) is 65.0 Å². The highest BCUT2D eigenvalue weighted by Crippen LogP contribution is 2.26. The Labute approximate surface area is 156 Å². The molecule has 1 aliphatic heterocycles. The zero-order valence-corrected chi connectivity index (χ0v) is 16.6. The van der Waals surface area contributed by atoms with Gasteiger partial charge >= 0.3 is 0 Å². The second kappa shape index (κ2) is 9.53. The van der Waals surface area contributed by atoms with Crippen LogP contribution in [0.3, 0.4) is 0 Å². The Morgan fingerprint density at radius 1 is 1.32 bits per heavy atom. The first-order valence-electron chi connectivity index (χ1n) is 9.97. The van der Waals surface area contributed by atoms with Crippen LogP contribution in [0.25, 0.3) is 0 Å². The summed E-state index contributed by atoms with van der Waals surface area (Å²) in [7, 11) is 0. The lowest BCUT2D eigenvalue weighted by Crippen LogP contribution is -2.44. The van der Waals surface area contributed by atoms with Gasteiger partial charge in [-0.3, -0.25) is 0 Å². The Morgan fingerprint density at radius 2 is 2.16 bits per heavy atom. The van der Waals surface area contributed by atoms with Gasteiger partial charge in [0.1, 0.15) is 0 Å². The smallest absolute Gasteiger partial charge is 0.191 e. The standard InChI is InChI=1S/C19H33N5S/c1-3-18-22-17(14-25-18)11-21-19(20-4-2)23-16-9-10-24(13-16)12-15-7-5-6-8-15/h14-16H,3-13H2,1-2H3,(H2,20,21,23). The van der Waals surface area contributed by atoms with Crippen LogP contribution >= 0.6 is 11.3 Å². The van der Waals surface area contributed by atoms with Gasteiger partial charge in [0.15, 0.2) is 5.96 Å². The molecule has 0 aromatic carbocycles. The number of aromatic nitrogens is 1. The quantitative estimate of drug-likeness (QED) is 0.577. The van der Waals surface area contributed by atoms with Crippen LogP contribution < -0.4 is 10.6 Å². The van der Waals surface area contributed by atoms with Gasteiger partial charge in [0, 0.05) is 37.6 Å². The third-order valence-corrected chi connectivity index (χ3v) is 6.29. The van der Waals surface area contributed by atoms with Crippen LogP contribution in [0.5, 0.6) is 0 Å². The molecule has 0 bridgehead atoms. The Kier molecular flexibility index (Phi) is 7.11. The predicted molar refractivity (Wildman–Crippen MR) is 106 cm³/mol. The second-order valence-corrected chi connectivity index (χ2v) is 8.26. The number of aliphatic imine (C=N–C) groups is 1. The molecule has 1 atom stereocenters. The molecule has 1 saturated carbocycles. The summed E-state index contributed by atoms with van der Waals surface area (Å²) in [6.45, 7) is 9.48. The van der Waals surface area contributed by atoms with E-state index in [2.05, 4.69) is 39.7 Å². The Balaban J connectivity index is 1.48. The molecule has 2 N–H and O–H groups in total. The van der Waals surface area contributed by atoms with E-state index in [1.54, 1.807) is 11.3 Å². The van der Waals surface area contributed by atoms with Crippen LogP contribution in [0.2, 0.25) is 0 Å². The molecule has 1 aromatic rings. The molecule has 1 aromatic heterocycles. The number of hydrogen-bond donors (Lipinski definition) is 2. The summed E-state index contributed by atoms with van der Waals surface area (Å²) in [5, 5.41) is 10.3. The fourth-order valence-corrected chi connectivity index (χ4v) is 4.67. The van der Waals surface area contributed by atoms with Gasteiger partial charge in [-0.15, -0.1) is 11.3 Å². The highest BCUT2D eigenvalue weighted by molar-refractivity contribution is 7.09. The average Bonchev–Trinajstić information content (AvgIpc) is 3.35. The van der Waals surface area contributed by atoms with Crippen LogP contribution in [-0.4, -0.2) is 48.1 Å². The average molecular weight is 364 g/mol. The van der Waals surface area contributed by atoms with Crippen molar-refractivity contribution < 1.29 is 0 Å². The summed E-state index contributed by atoms with van der Waals surface area (Å²) >= 11 is 1.73. The van der Waals surface area contributed by atoms with E-state index >= 15 is 0 Å². The third-order valence-electron chi connectivity index (χ3n) is 5.25. The molecule has 0 spiro atoms. The van der Waals surface area contributed by atoms with Gasteiger partial charge < -0.3 is 15.5 Å². The van der Waals surface area contributed by atoms with E-state index in [4.69, 9.17) is 4.99 Å². The maximum Gasteiger partial charge on any atom is 0.191 e. The number of thiazole rings is 1. The van der Waals surface area contributed by atoms with E-state index in [1.807, 2.05) is 0 Å². The monoisotopic (exact) mass is 363 g/mol. The maximum atomic E-state index is 4.74. The lowest BCUT2D eigenvalue weighted by atomic mass is 10.1.